The predicted molar refractivity (Wildman–Crippen MR) is 106 cm³/mol. The van der Waals surface area contributed by atoms with E-state index in [1.54, 1.807) is 6.07 Å². The zero-order valence-corrected chi connectivity index (χ0v) is 15.7. The van der Waals surface area contributed by atoms with Gasteiger partial charge in [-0.25, -0.2) is 0 Å². The molecule has 5 heteroatoms. The van der Waals surface area contributed by atoms with Gasteiger partial charge >= 0.3 is 0 Å². The number of benzene rings is 2. The Hall–Kier alpha value is -2.40. The van der Waals surface area contributed by atoms with E-state index in [2.05, 4.69) is 24.5 Å². The van der Waals surface area contributed by atoms with Gasteiger partial charge in [0, 0.05) is 17.3 Å². The summed E-state index contributed by atoms with van der Waals surface area (Å²) in [6.45, 7) is 6.90. The molecular formula is C20H24N2O2S. The molecule has 0 atom stereocenters. The molecule has 4 nitrogen and oxygen atoms in total. The molecule has 0 aliphatic heterocycles. The number of hydrogen-bond acceptors (Lipinski definition) is 3. The fourth-order valence-corrected chi connectivity index (χ4v) is 2.45. The van der Waals surface area contributed by atoms with Crippen LogP contribution in [-0.2, 0) is 0 Å². The lowest BCUT2D eigenvalue weighted by Gasteiger charge is -2.12. The van der Waals surface area contributed by atoms with Gasteiger partial charge in [0.25, 0.3) is 5.91 Å². The zero-order valence-electron chi connectivity index (χ0n) is 14.8. The van der Waals surface area contributed by atoms with E-state index in [0.29, 0.717) is 18.1 Å². The van der Waals surface area contributed by atoms with E-state index in [4.69, 9.17) is 17.0 Å². The van der Waals surface area contributed by atoms with Gasteiger partial charge in [-0.05, 0) is 55.2 Å². The van der Waals surface area contributed by atoms with E-state index >= 15 is 0 Å². The van der Waals surface area contributed by atoms with Crippen molar-refractivity contribution >= 4 is 28.9 Å². The first kappa shape index (κ1) is 18.9. The number of carbonyl (C=O) groups is 1. The smallest absolute Gasteiger partial charge is 0.257 e. The van der Waals surface area contributed by atoms with E-state index in [-0.39, 0.29) is 11.0 Å². The van der Waals surface area contributed by atoms with Gasteiger partial charge in [0.2, 0.25) is 0 Å². The summed E-state index contributed by atoms with van der Waals surface area (Å²) in [7, 11) is 0. The van der Waals surface area contributed by atoms with Gasteiger partial charge in [0.05, 0.1) is 6.61 Å². The highest BCUT2D eigenvalue weighted by Crippen LogP contribution is 2.18. The Morgan fingerprint density at radius 3 is 2.64 bits per heavy atom. The van der Waals surface area contributed by atoms with Gasteiger partial charge in [0.1, 0.15) is 5.75 Å². The van der Waals surface area contributed by atoms with Crippen LogP contribution in [-0.4, -0.2) is 17.6 Å². The Bertz CT molecular complexity index is 744. The van der Waals surface area contributed by atoms with Gasteiger partial charge < -0.3 is 10.1 Å². The van der Waals surface area contributed by atoms with Crippen LogP contribution in [0.1, 0.15) is 36.2 Å². The number of carbonyl (C=O) groups excluding carboxylic acids is 1. The van der Waals surface area contributed by atoms with Gasteiger partial charge in [-0.3, -0.25) is 10.1 Å². The second-order valence-electron chi connectivity index (χ2n) is 6.28. The SMILES string of the molecule is Cc1ccccc1C(=O)NC(=S)Nc1cccc(OCCC(C)C)c1. The molecule has 0 aliphatic rings. The summed E-state index contributed by atoms with van der Waals surface area (Å²) in [6.07, 6.45) is 1.00. The number of aryl methyl sites for hydroxylation is 1. The molecule has 0 saturated carbocycles. The minimum Gasteiger partial charge on any atom is -0.494 e. The molecule has 2 aromatic rings. The third-order valence-electron chi connectivity index (χ3n) is 3.67. The number of thiocarbonyl (C=S) groups is 1. The number of ether oxygens (including phenoxy) is 1. The summed E-state index contributed by atoms with van der Waals surface area (Å²) in [5.41, 5.74) is 2.29. The molecule has 0 aromatic heterocycles. The Balaban J connectivity index is 1.92. The molecule has 2 N–H and O–H groups in total. The van der Waals surface area contributed by atoms with Gasteiger partial charge in [0.15, 0.2) is 5.11 Å². The Morgan fingerprint density at radius 2 is 1.92 bits per heavy atom. The fourth-order valence-electron chi connectivity index (χ4n) is 2.24. The molecule has 0 bridgehead atoms. The molecule has 0 heterocycles. The summed E-state index contributed by atoms with van der Waals surface area (Å²) in [5, 5.41) is 5.98. The van der Waals surface area contributed by atoms with Crippen LogP contribution < -0.4 is 15.4 Å². The number of rotatable bonds is 6. The Morgan fingerprint density at radius 1 is 1.16 bits per heavy atom. The number of hydrogen-bond donors (Lipinski definition) is 2. The van der Waals surface area contributed by atoms with E-state index < -0.39 is 0 Å². The highest BCUT2D eigenvalue weighted by Gasteiger charge is 2.10. The molecule has 0 spiro atoms. The van der Waals surface area contributed by atoms with Crippen molar-refractivity contribution in [2.24, 2.45) is 5.92 Å². The molecule has 0 aliphatic carbocycles. The summed E-state index contributed by atoms with van der Waals surface area (Å²) < 4.78 is 5.73. The monoisotopic (exact) mass is 356 g/mol. The largest absolute Gasteiger partial charge is 0.494 e. The van der Waals surface area contributed by atoms with Crippen LogP contribution in [0.15, 0.2) is 48.5 Å². The van der Waals surface area contributed by atoms with E-state index in [1.165, 1.54) is 0 Å². The molecule has 2 rings (SSSR count). The fraction of sp³-hybridized carbons (Fsp3) is 0.300. The molecule has 25 heavy (non-hydrogen) atoms. The lowest BCUT2D eigenvalue weighted by Crippen LogP contribution is -2.34. The molecule has 2 aromatic carbocycles. The lowest BCUT2D eigenvalue weighted by molar-refractivity contribution is 0.0977. The molecule has 0 fully saturated rings. The maximum Gasteiger partial charge on any atom is 0.257 e. The summed E-state index contributed by atoms with van der Waals surface area (Å²) in [6, 6.07) is 14.9. The van der Waals surface area contributed by atoms with Crippen LogP contribution in [0, 0.1) is 12.8 Å². The zero-order chi connectivity index (χ0) is 18.2. The minimum atomic E-state index is -0.222. The molecular weight excluding hydrogens is 332 g/mol. The molecule has 0 unspecified atom stereocenters. The first-order chi connectivity index (χ1) is 12.0. The van der Waals surface area contributed by atoms with E-state index in [0.717, 1.165) is 23.4 Å². The van der Waals surface area contributed by atoms with Gasteiger partial charge in [-0.15, -0.1) is 0 Å². The van der Waals surface area contributed by atoms with Crippen molar-refractivity contribution in [2.75, 3.05) is 11.9 Å². The van der Waals surface area contributed by atoms with Crippen LogP contribution in [0.5, 0.6) is 5.75 Å². The Kier molecular flexibility index (Phi) is 6.95. The highest BCUT2D eigenvalue weighted by atomic mass is 32.1. The lowest BCUT2D eigenvalue weighted by atomic mass is 10.1. The van der Waals surface area contributed by atoms with Crippen LogP contribution >= 0.6 is 12.2 Å². The minimum absolute atomic E-state index is 0.222. The van der Waals surface area contributed by atoms with Gasteiger partial charge in [-0.2, -0.15) is 0 Å². The maximum atomic E-state index is 12.3. The van der Waals surface area contributed by atoms with Gasteiger partial charge in [-0.1, -0.05) is 38.1 Å². The number of anilines is 1. The molecule has 132 valence electrons. The summed E-state index contributed by atoms with van der Waals surface area (Å²) >= 11 is 5.24. The van der Waals surface area contributed by atoms with E-state index in [1.807, 2.05) is 49.4 Å². The maximum absolute atomic E-state index is 12.3. The average molecular weight is 356 g/mol. The standard InChI is InChI=1S/C20H24N2O2S/c1-14(2)11-12-24-17-9-6-8-16(13-17)21-20(25)22-19(23)18-10-5-4-7-15(18)3/h4-10,13-14H,11-12H2,1-3H3,(H2,21,22,23,25). The van der Waals surface area contributed by atoms with E-state index in [9.17, 15) is 4.79 Å². The third kappa shape index (κ3) is 6.19. The van der Waals surface area contributed by atoms with Crippen molar-refractivity contribution in [2.45, 2.75) is 27.2 Å². The van der Waals surface area contributed by atoms with Crippen LogP contribution in [0.3, 0.4) is 0 Å². The molecule has 1 amide bonds. The predicted octanol–water partition coefficient (Wildman–Crippen LogP) is 4.55. The van der Waals surface area contributed by atoms with Crippen LogP contribution in [0.25, 0.3) is 0 Å². The average Bonchev–Trinajstić information content (AvgIpc) is 2.55. The Labute approximate surface area is 154 Å². The third-order valence-corrected chi connectivity index (χ3v) is 3.88. The van der Waals surface area contributed by atoms with Crippen molar-refractivity contribution in [1.29, 1.82) is 0 Å². The normalized spacial score (nSPS) is 10.4. The van der Waals surface area contributed by atoms with Crippen molar-refractivity contribution < 1.29 is 9.53 Å². The second-order valence-corrected chi connectivity index (χ2v) is 6.69. The van der Waals surface area contributed by atoms with Crippen LogP contribution in [0.4, 0.5) is 5.69 Å². The topological polar surface area (TPSA) is 50.4 Å². The molecule has 0 saturated heterocycles. The van der Waals surface area contributed by atoms with Crippen LogP contribution in [0.2, 0.25) is 0 Å². The highest BCUT2D eigenvalue weighted by molar-refractivity contribution is 7.80. The van der Waals surface area contributed by atoms with Crippen molar-refractivity contribution in [3.05, 3.63) is 59.7 Å². The number of nitrogens with one attached hydrogen (secondary N) is 2. The second kappa shape index (κ2) is 9.18. The quantitative estimate of drug-likeness (QED) is 0.746. The summed E-state index contributed by atoms with van der Waals surface area (Å²) in [4.78, 5) is 12.3. The number of amides is 1. The summed E-state index contributed by atoms with van der Waals surface area (Å²) in [5.74, 6) is 1.16. The van der Waals surface area contributed by atoms with Crippen molar-refractivity contribution in [1.82, 2.24) is 5.32 Å². The van der Waals surface area contributed by atoms with Crippen molar-refractivity contribution in [3.63, 3.8) is 0 Å². The first-order valence-electron chi connectivity index (χ1n) is 8.36. The molecule has 0 radical (unpaired) electrons. The first-order valence-corrected chi connectivity index (χ1v) is 8.77. The van der Waals surface area contributed by atoms with Crippen molar-refractivity contribution in [3.8, 4) is 5.75 Å².